The van der Waals surface area contributed by atoms with Gasteiger partial charge in [0.1, 0.15) is 0 Å². The van der Waals surface area contributed by atoms with E-state index in [4.69, 9.17) is 5.11 Å². The fraction of sp³-hybridized carbons (Fsp3) is 0.111. The quantitative estimate of drug-likeness (QED) is 0.521. The van der Waals surface area contributed by atoms with Gasteiger partial charge < -0.3 is 5.11 Å². The summed E-state index contributed by atoms with van der Waals surface area (Å²) in [6.07, 6.45) is 1.06. The molecule has 0 spiro atoms. The number of carbonyl (C=O) groups is 1. The lowest BCUT2D eigenvalue weighted by Crippen LogP contribution is -2.01. The summed E-state index contributed by atoms with van der Waals surface area (Å²) in [5, 5.41) is 18.9. The highest BCUT2D eigenvalue weighted by Crippen LogP contribution is 2.23. The third-order valence-electron chi connectivity index (χ3n) is 1.65. The van der Waals surface area contributed by atoms with Crippen molar-refractivity contribution in [1.82, 2.24) is 0 Å². The van der Waals surface area contributed by atoms with Crippen molar-refractivity contribution in [3.05, 3.63) is 38.3 Å². The molecule has 0 saturated heterocycles. The molecule has 0 fully saturated rings. The monoisotopic (exact) mass is 286 g/mol. The fourth-order valence-electron chi connectivity index (χ4n) is 0.998. The van der Waals surface area contributed by atoms with Crippen LogP contribution >= 0.6 is 15.9 Å². The van der Waals surface area contributed by atoms with E-state index < -0.39 is 17.4 Å². The van der Waals surface area contributed by atoms with Gasteiger partial charge in [-0.2, -0.15) is 0 Å². The van der Waals surface area contributed by atoms with E-state index in [0.717, 1.165) is 6.21 Å². The first-order valence-corrected chi connectivity index (χ1v) is 4.97. The van der Waals surface area contributed by atoms with Gasteiger partial charge in [-0.1, -0.05) is 15.9 Å². The molecule has 0 amide bonds. The second-order valence-corrected chi connectivity index (χ2v) is 3.71. The number of nitro groups is 1. The smallest absolute Gasteiger partial charge is 0.337 e. The van der Waals surface area contributed by atoms with Gasteiger partial charge in [0.2, 0.25) is 6.54 Å². The van der Waals surface area contributed by atoms with E-state index in [0.29, 0.717) is 4.47 Å². The Bertz CT molecular complexity index is 459. The third kappa shape index (κ3) is 3.43. The Kier molecular flexibility index (Phi) is 4.12. The number of rotatable bonds is 4. The molecule has 84 valence electrons. The molecule has 0 aromatic heterocycles. The molecule has 0 bridgehead atoms. The molecular weight excluding hydrogens is 280 g/mol. The molecule has 0 saturated carbocycles. The molecule has 7 heteroatoms. The van der Waals surface area contributed by atoms with Crippen molar-refractivity contribution < 1.29 is 14.8 Å². The van der Waals surface area contributed by atoms with Crippen molar-refractivity contribution in [2.24, 2.45) is 4.99 Å². The zero-order chi connectivity index (χ0) is 12.1. The summed E-state index contributed by atoms with van der Waals surface area (Å²) in [4.78, 5) is 24.1. The molecule has 0 radical (unpaired) electrons. The third-order valence-corrected chi connectivity index (χ3v) is 2.14. The number of hydrogen-bond donors (Lipinski definition) is 1. The van der Waals surface area contributed by atoms with E-state index in [1.165, 1.54) is 12.1 Å². The lowest BCUT2D eigenvalue weighted by Gasteiger charge is -2.00. The molecule has 1 aromatic carbocycles. The first-order chi connectivity index (χ1) is 7.50. The molecule has 6 nitrogen and oxygen atoms in total. The predicted molar refractivity (Wildman–Crippen MR) is 61.1 cm³/mol. The Morgan fingerprint density at radius 2 is 2.31 bits per heavy atom. The molecule has 1 aromatic rings. The van der Waals surface area contributed by atoms with Crippen LogP contribution in [0, 0.1) is 10.1 Å². The molecular formula is C9H7BrN2O4. The number of carboxylic acids is 1. The van der Waals surface area contributed by atoms with Crippen LogP contribution in [0.2, 0.25) is 0 Å². The van der Waals surface area contributed by atoms with E-state index in [1.54, 1.807) is 6.07 Å². The van der Waals surface area contributed by atoms with Gasteiger partial charge in [0.15, 0.2) is 0 Å². The largest absolute Gasteiger partial charge is 0.478 e. The molecule has 16 heavy (non-hydrogen) atoms. The minimum atomic E-state index is -1.12. The van der Waals surface area contributed by atoms with Crippen molar-refractivity contribution >= 4 is 33.8 Å². The lowest BCUT2D eigenvalue weighted by atomic mass is 10.2. The molecule has 0 unspecified atom stereocenters. The van der Waals surface area contributed by atoms with Gasteiger partial charge in [0, 0.05) is 9.40 Å². The second kappa shape index (κ2) is 5.36. The molecule has 0 aliphatic rings. The Hall–Kier alpha value is -1.76. The van der Waals surface area contributed by atoms with Crippen LogP contribution in [0.1, 0.15) is 10.4 Å². The Morgan fingerprint density at radius 1 is 1.62 bits per heavy atom. The zero-order valence-corrected chi connectivity index (χ0v) is 9.55. The maximum absolute atomic E-state index is 10.8. The van der Waals surface area contributed by atoms with Crippen LogP contribution in [0.5, 0.6) is 0 Å². The Balaban J connectivity index is 3.01. The number of aromatic carboxylic acids is 1. The van der Waals surface area contributed by atoms with E-state index in [-0.39, 0.29) is 11.3 Å². The van der Waals surface area contributed by atoms with Crippen molar-refractivity contribution in [2.75, 3.05) is 6.54 Å². The number of nitrogens with zero attached hydrogens (tertiary/aromatic N) is 2. The van der Waals surface area contributed by atoms with Gasteiger partial charge in [0.05, 0.1) is 17.5 Å². The number of aliphatic imine (C=N–C) groups is 1. The van der Waals surface area contributed by atoms with Crippen molar-refractivity contribution in [3.8, 4) is 0 Å². The van der Waals surface area contributed by atoms with Crippen LogP contribution in [0.25, 0.3) is 0 Å². The summed E-state index contributed by atoms with van der Waals surface area (Å²) >= 11 is 3.17. The normalized spacial score (nSPS) is 10.6. The molecule has 1 N–H and O–H groups in total. The van der Waals surface area contributed by atoms with Gasteiger partial charge >= 0.3 is 5.97 Å². The first kappa shape index (κ1) is 12.3. The van der Waals surface area contributed by atoms with Crippen molar-refractivity contribution in [2.45, 2.75) is 0 Å². The summed E-state index contributed by atoms with van der Waals surface area (Å²) in [6, 6.07) is 4.43. The average Bonchev–Trinajstić information content (AvgIpc) is 2.16. The van der Waals surface area contributed by atoms with E-state index >= 15 is 0 Å². The maximum Gasteiger partial charge on any atom is 0.337 e. The van der Waals surface area contributed by atoms with Gasteiger partial charge in [-0.25, -0.2) is 4.79 Å². The predicted octanol–water partition coefficient (Wildman–Crippen LogP) is 2.13. The van der Waals surface area contributed by atoms with Crippen LogP contribution in [0.3, 0.4) is 0 Å². The lowest BCUT2D eigenvalue weighted by molar-refractivity contribution is -0.462. The summed E-state index contributed by atoms with van der Waals surface area (Å²) in [5.41, 5.74) is 0.187. The average molecular weight is 287 g/mol. The Labute approximate surface area is 98.9 Å². The van der Waals surface area contributed by atoms with Crippen LogP contribution in [-0.2, 0) is 0 Å². The first-order valence-electron chi connectivity index (χ1n) is 4.18. The molecule has 0 heterocycles. The standard InChI is InChI=1S/C9H7BrN2O4/c10-6-1-2-7(9(13)14)8(5-6)11-3-4-12(15)16/h1-3,5H,4H2,(H,13,14)/b11-3+. The van der Waals surface area contributed by atoms with Crippen LogP contribution < -0.4 is 0 Å². The van der Waals surface area contributed by atoms with Gasteiger partial charge in [-0.05, 0) is 18.2 Å². The number of carboxylic acid groups (broad SMARTS) is 1. The minimum absolute atomic E-state index is 0.00259. The van der Waals surface area contributed by atoms with Crippen LogP contribution in [0.15, 0.2) is 27.7 Å². The number of benzene rings is 1. The SMILES string of the molecule is O=C(O)c1ccc(Br)cc1/N=C/C[N+](=O)[O-]. The fourth-order valence-corrected chi connectivity index (χ4v) is 1.35. The van der Waals surface area contributed by atoms with Gasteiger partial charge in [0.25, 0.3) is 0 Å². The topological polar surface area (TPSA) is 92.8 Å². The van der Waals surface area contributed by atoms with Gasteiger partial charge in [-0.3, -0.25) is 15.1 Å². The molecule has 0 aliphatic heterocycles. The van der Waals surface area contributed by atoms with Crippen molar-refractivity contribution in [3.63, 3.8) is 0 Å². The van der Waals surface area contributed by atoms with Gasteiger partial charge in [-0.15, -0.1) is 0 Å². The zero-order valence-electron chi connectivity index (χ0n) is 7.96. The highest BCUT2D eigenvalue weighted by molar-refractivity contribution is 9.10. The molecule has 1 rings (SSSR count). The summed E-state index contributed by atoms with van der Waals surface area (Å²) in [5.74, 6) is -1.12. The van der Waals surface area contributed by atoms with E-state index in [2.05, 4.69) is 20.9 Å². The van der Waals surface area contributed by atoms with Crippen molar-refractivity contribution in [1.29, 1.82) is 0 Å². The summed E-state index contributed by atoms with van der Waals surface area (Å²) < 4.78 is 0.658. The maximum atomic E-state index is 10.8. The Morgan fingerprint density at radius 3 is 2.88 bits per heavy atom. The summed E-state index contributed by atoms with van der Waals surface area (Å²) in [7, 11) is 0. The molecule has 0 aliphatic carbocycles. The van der Waals surface area contributed by atoms with E-state index in [9.17, 15) is 14.9 Å². The highest BCUT2D eigenvalue weighted by Gasteiger charge is 2.09. The second-order valence-electron chi connectivity index (χ2n) is 2.79. The number of halogens is 1. The van der Waals surface area contributed by atoms with Crippen LogP contribution in [0.4, 0.5) is 5.69 Å². The summed E-state index contributed by atoms with van der Waals surface area (Å²) in [6.45, 7) is -0.439. The van der Waals surface area contributed by atoms with E-state index in [1.807, 2.05) is 0 Å². The minimum Gasteiger partial charge on any atom is -0.478 e. The highest BCUT2D eigenvalue weighted by atomic mass is 79.9. The number of hydrogen-bond acceptors (Lipinski definition) is 4. The van der Waals surface area contributed by atoms with Crippen LogP contribution in [-0.4, -0.2) is 28.8 Å². The molecule has 0 atom stereocenters.